The molecule has 0 fully saturated rings. The summed E-state index contributed by atoms with van der Waals surface area (Å²) in [7, 11) is 0. The molecule has 6 heteroatoms. The van der Waals surface area contributed by atoms with Crippen LogP contribution in [0.2, 0.25) is 0 Å². The molecule has 0 aliphatic carbocycles. The van der Waals surface area contributed by atoms with Crippen LogP contribution in [0.3, 0.4) is 0 Å². The quantitative estimate of drug-likeness (QED) is 0.537. The van der Waals surface area contributed by atoms with E-state index in [1.807, 2.05) is 0 Å². The van der Waals surface area contributed by atoms with Crippen molar-refractivity contribution < 1.29 is 4.39 Å². The lowest BCUT2D eigenvalue weighted by Crippen LogP contribution is -2.22. The minimum absolute atomic E-state index is 0.281. The number of halogens is 1. The van der Waals surface area contributed by atoms with Crippen LogP contribution in [0.25, 0.3) is 16.6 Å². The van der Waals surface area contributed by atoms with Crippen LogP contribution in [0.4, 0.5) is 4.39 Å². The molecule has 1 unspecified atom stereocenters. The standard InChI is InChI=1S/C18H14FN3OS/c1-11-7-8-13(9-15(11)19)22-17(23)14-5-3-4-6-16(14)21-18(22)24-12(2)10-20/h3-9,12H,1-2H3. The molecule has 0 saturated carbocycles. The van der Waals surface area contributed by atoms with Crippen molar-refractivity contribution in [2.75, 3.05) is 0 Å². The van der Waals surface area contributed by atoms with Crippen molar-refractivity contribution in [3.05, 3.63) is 64.2 Å². The van der Waals surface area contributed by atoms with Crippen LogP contribution in [0.15, 0.2) is 52.4 Å². The highest BCUT2D eigenvalue weighted by Gasteiger charge is 2.16. The Morgan fingerprint density at radius 2 is 2.04 bits per heavy atom. The van der Waals surface area contributed by atoms with Gasteiger partial charge in [0.2, 0.25) is 0 Å². The number of fused-ring (bicyclic) bond motifs is 1. The van der Waals surface area contributed by atoms with Gasteiger partial charge in [-0.25, -0.2) is 9.37 Å². The number of benzene rings is 2. The first-order valence-corrected chi connectivity index (χ1v) is 8.24. The largest absolute Gasteiger partial charge is 0.268 e. The minimum atomic E-state index is -0.392. The Morgan fingerprint density at radius 1 is 1.29 bits per heavy atom. The van der Waals surface area contributed by atoms with Crippen LogP contribution >= 0.6 is 11.8 Å². The summed E-state index contributed by atoms with van der Waals surface area (Å²) in [6, 6.07) is 13.7. The van der Waals surface area contributed by atoms with Gasteiger partial charge in [0, 0.05) is 0 Å². The number of aryl methyl sites for hydroxylation is 1. The smallest absolute Gasteiger partial charge is 0.266 e. The van der Waals surface area contributed by atoms with E-state index in [0.29, 0.717) is 27.3 Å². The summed E-state index contributed by atoms with van der Waals surface area (Å²) >= 11 is 1.17. The lowest BCUT2D eigenvalue weighted by Gasteiger charge is -2.14. The zero-order valence-corrected chi connectivity index (χ0v) is 14.0. The van der Waals surface area contributed by atoms with Crippen molar-refractivity contribution >= 4 is 22.7 Å². The van der Waals surface area contributed by atoms with Gasteiger partial charge in [-0.2, -0.15) is 5.26 Å². The predicted octanol–water partition coefficient (Wildman–Crippen LogP) is 3.84. The van der Waals surface area contributed by atoms with Gasteiger partial charge in [0.1, 0.15) is 5.82 Å². The molecule has 0 spiro atoms. The Kier molecular flexibility index (Phi) is 4.36. The second kappa shape index (κ2) is 6.46. The highest BCUT2D eigenvalue weighted by Crippen LogP contribution is 2.25. The first-order valence-electron chi connectivity index (χ1n) is 7.36. The first kappa shape index (κ1) is 16.2. The summed E-state index contributed by atoms with van der Waals surface area (Å²) in [6.45, 7) is 3.39. The average Bonchev–Trinajstić information content (AvgIpc) is 2.58. The van der Waals surface area contributed by atoms with E-state index in [9.17, 15) is 9.18 Å². The van der Waals surface area contributed by atoms with Crippen molar-refractivity contribution in [2.24, 2.45) is 0 Å². The van der Waals surface area contributed by atoms with Crippen molar-refractivity contribution in [1.29, 1.82) is 5.26 Å². The fourth-order valence-electron chi connectivity index (χ4n) is 2.32. The van der Waals surface area contributed by atoms with Crippen LogP contribution in [-0.4, -0.2) is 14.8 Å². The third-order valence-electron chi connectivity index (χ3n) is 3.62. The van der Waals surface area contributed by atoms with Crippen molar-refractivity contribution in [3.63, 3.8) is 0 Å². The molecule has 3 aromatic rings. The van der Waals surface area contributed by atoms with Gasteiger partial charge in [0.05, 0.1) is 27.9 Å². The lowest BCUT2D eigenvalue weighted by molar-refractivity contribution is 0.615. The Labute approximate surface area is 142 Å². The molecule has 0 saturated heterocycles. The SMILES string of the molecule is Cc1ccc(-n2c(SC(C)C#N)nc3ccccc3c2=O)cc1F. The van der Waals surface area contributed by atoms with E-state index >= 15 is 0 Å². The summed E-state index contributed by atoms with van der Waals surface area (Å²) in [6.07, 6.45) is 0. The number of para-hydroxylation sites is 1. The molecule has 4 nitrogen and oxygen atoms in total. The van der Waals surface area contributed by atoms with Crippen molar-refractivity contribution in [2.45, 2.75) is 24.3 Å². The van der Waals surface area contributed by atoms with Crippen LogP contribution in [0.5, 0.6) is 0 Å². The van der Waals surface area contributed by atoms with Crippen molar-refractivity contribution in [3.8, 4) is 11.8 Å². The first-order chi connectivity index (χ1) is 11.5. The summed E-state index contributed by atoms with van der Waals surface area (Å²) in [5.74, 6) is -0.392. The monoisotopic (exact) mass is 339 g/mol. The molecule has 120 valence electrons. The zero-order chi connectivity index (χ0) is 17.3. The molecule has 0 aliphatic heterocycles. The Balaban J connectivity index is 2.32. The highest BCUT2D eigenvalue weighted by atomic mass is 32.2. The van der Waals surface area contributed by atoms with Crippen LogP contribution in [0.1, 0.15) is 12.5 Å². The number of nitrogens with zero attached hydrogens (tertiary/aromatic N) is 3. The van der Waals surface area contributed by atoms with Gasteiger partial charge in [0.25, 0.3) is 5.56 Å². The van der Waals surface area contributed by atoms with E-state index in [-0.39, 0.29) is 10.8 Å². The van der Waals surface area contributed by atoms with Crippen LogP contribution < -0.4 is 5.56 Å². The predicted molar refractivity (Wildman–Crippen MR) is 93.0 cm³/mol. The number of aromatic nitrogens is 2. The lowest BCUT2D eigenvalue weighted by atomic mass is 10.2. The fourth-order valence-corrected chi connectivity index (χ4v) is 3.14. The van der Waals surface area contributed by atoms with Gasteiger partial charge in [-0.3, -0.25) is 9.36 Å². The number of hydrogen-bond donors (Lipinski definition) is 0. The topological polar surface area (TPSA) is 58.7 Å². The van der Waals surface area contributed by atoms with Gasteiger partial charge in [0.15, 0.2) is 5.16 Å². The number of rotatable bonds is 3. The average molecular weight is 339 g/mol. The molecule has 0 N–H and O–H groups in total. The van der Waals surface area contributed by atoms with E-state index in [4.69, 9.17) is 5.26 Å². The third kappa shape index (κ3) is 2.91. The Morgan fingerprint density at radius 3 is 2.75 bits per heavy atom. The molecular weight excluding hydrogens is 325 g/mol. The number of hydrogen-bond acceptors (Lipinski definition) is 4. The highest BCUT2D eigenvalue weighted by molar-refractivity contribution is 8.00. The normalized spacial score (nSPS) is 12.1. The zero-order valence-electron chi connectivity index (χ0n) is 13.2. The van der Waals surface area contributed by atoms with Gasteiger partial charge in [-0.15, -0.1) is 0 Å². The molecule has 0 bridgehead atoms. The Bertz CT molecular complexity index is 1020. The van der Waals surface area contributed by atoms with E-state index in [0.717, 1.165) is 0 Å². The van der Waals surface area contributed by atoms with Crippen LogP contribution in [-0.2, 0) is 0 Å². The third-order valence-corrected chi connectivity index (χ3v) is 4.57. The maximum absolute atomic E-state index is 14.0. The van der Waals surface area contributed by atoms with E-state index in [2.05, 4.69) is 11.1 Å². The molecule has 3 rings (SSSR count). The molecular formula is C18H14FN3OS. The fraction of sp³-hybridized carbons (Fsp3) is 0.167. The van der Waals surface area contributed by atoms with Crippen LogP contribution in [0, 0.1) is 24.1 Å². The maximum Gasteiger partial charge on any atom is 0.266 e. The maximum atomic E-state index is 14.0. The summed E-state index contributed by atoms with van der Waals surface area (Å²) in [4.78, 5) is 17.4. The van der Waals surface area contributed by atoms with Gasteiger partial charge in [-0.05, 0) is 43.7 Å². The van der Waals surface area contributed by atoms with E-state index in [1.54, 1.807) is 50.2 Å². The molecule has 0 aliphatic rings. The van der Waals surface area contributed by atoms with Gasteiger partial charge in [-0.1, -0.05) is 30.0 Å². The molecule has 1 aromatic heterocycles. The van der Waals surface area contributed by atoms with E-state index < -0.39 is 5.82 Å². The molecule has 1 heterocycles. The molecule has 0 radical (unpaired) electrons. The Hall–Kier alpha value is -2.65. The summed E-state index contributed by atoms with van der Waals surface area (Å²) < 4.78 is 15.3. The molecule has 0 amide bonds. The van der Waals surface area contributed by atoms with Gasteiger partial charge < -0.3 is 0 Å². The summed E-state index contributed by atoms with van der Waals surface area (Å²) in [5, 5.41) is 9.51. The second-order valence-electron chi connectivity index (χ2n) is 5.37. The van der Waals surface area contributed by atoms with Gasteiger partial charge >= 0.3 is 0 Å². The summed E-state index contributed by atoms with van der Waals surface area (Å²) in [5.41, 5.74) is 1.17. The number of thioether (sulfide) groups is 1. The number of nitriles is 1. The van der Waals surface area contributed by atoms with E-state index in [1.165, 1.54) is 22.4 Å². The van der Waals surface area contributed by atoms with Crippen molar-refractivity contribution in [1.82, 2.24) is 9.55 Å². The minimum Gasteiger partial charge on any atom is -0.268 e. The molecule has 24 heavy (non-hydrogen) atoms. The second-order valence-corrected chi connectivity index (χ2v) is 6.68. The molecule has 2 aromatic carbocycles. The molecule has 1 atom stereocenters.